The second-order valence-corrected chi connectivity index (χ2v) is 4.54. The topological polar surface area (TPSA) is 17.1 Å². The van der Waals surface area contributed by atoms with Gasteiger partial charge in [-0.15, -0.1) is 0 Å². The Morgan fingerprint density at radius 2 is 2.15 bits per heavy atom. The molecule has 0 saturated carbocycles. The Labute approximate surface area is 81.2 Å². The first kappa shape index (κ1) is 10.5. The zero-order chi connectivity index (χ0) is 9.90. The van der Waals surface area contributed by atoms with Crippen molar-refractivity contribution < 1.29 is 4.79 Å². The van der Waals surface area contributed by atoms with E-state index in [-0.39, 0.29) is 5.41 Å². The SMILES string of the molecule is CCC(C)(C)C(=O)C1=CCCCC1. The van der Waals surface area contributed by atoms with E-state index in [4.69, 9.17) is 0 Å². The van der Waals surface area contributed by atoms with E-state index in [1.165, 1.54) is 12.8 Å². The summed E-state index contributed by atoms with van der Waals surface area (Å²) >= 11 is 0. The molecule has 0 aromatic heterocycles. The molecule has 1 aliphatic carbocycles. The number of carbonyl (C=O) groups excluding carboxylic acids is 1. The lowest BCUT2D eigenvalue weighted by Crippen LogP contribution is -2.25. The number of carbonyl (C=O) groups is 1. The lowest BCUT2D eigenvalue weighted by molar-refractivity contribution is -0.123. The molecule has 0 spiro atoms. The monoisotopic (exact) mass is 180 g/mol. The molecule has 0 amide bonds. The van der Waals surface area contributed by atoms with Gasteiger partial charge >= 0.3 is 0 Å². The average molecular weight is 180 g/mol. The van der Waals surface area contributed by atoms with Crippen molar-refractivity contribution in [2.75, 3.05) is 0 Å². The predicted molar refractivity (Wildman–Crippen MR) is 55.6 cm³/mol. The van der Waals surface area contributed by atoms with Crippen molar-refractivity contribution in [1.82, 2.24) is 0 Å². The zero-order valence-corrected chi connectivity index (χ0v) is 9.02. The summed E-state index contributed by atoms with van der Waals surface area (Å²) in [6.07, 6.45) is 7.62. The maximum Gasteiger partial charge on any atom is 0.164 e. The van der Waals surface area contributed by atoms with Crippen molar-refractivity contribution in [3.8, 4) is 0 Å². The summed E-state index contributed by atoms with van der Waals surface area (Å²) in [4.78, 5) is 12.0. The molecule has 13 heavy (non-hydrogen) atoms. The highest BCUT2D eigenvalue weighted by molar-refractivity contribution is 5.99. The summed E-state index contributed by atoms with van der Waals surface area (Å²) in [6, 6.07) is 0. The van der Waals surface area contributed by atoms with Crippen LogP contribution < -0.4 is 0 Å². The van der Waals surface area contributed by atoms with Gasteiger partial charge in [0.1, 0.15) is 0 Å². The summed E-state index contributed by atoms with van der Waals surface area (Å²) in [5, 5.41) is 0. The fraction of sp³-hybridized carbons (Fsp3) is 0.750. The van der Waals surface area contributed by atoms with Gasteiger partial charge in [0, 0.05) is 5.41 Å². The van der Waals surface area contributed by atoms with E-state index < -0.39 is 0 Å². The number of rotatable bonds is 3. The maximum atomic E-state index is 12.0. The second-order valence-electron chi connectivity index (χ2n) is 4.54. The number of hydrogen-bond donors (Lipinski definition) is 0. The molecule has 0 aliphatic heterocycles. The third-order valence-corrected chi connectivity index (χ3v) is 3.08. The zero-order valence-electron chi connectivity index (χ0n) is 9.02. The van der Waals surface area contributed by atoms with E-state index in [1.54, 1.807) is 0 Å². The molecule has 0 atom stereocenters. The average Bonchev–Trinajstić information content (AvgIpc) is 2.18. The third kappa shape index (κ3) is 2.43. The van der Waals surface area contributed by atoms with E-state index in [1.807, 2.05) is 13.8 Å². The van der Waals surface area contributed by atoms with Gasteiger partial charge in [-0.2, -0.15) is 0 Å². The van der Waals surface area contributed by atoms with Crippen LogP contribution in [0, 0.1) is 5.41 Å². The first-order valence-corrected chi connectivity index (χ1v) is 5.32. The van der Waals surface area contributed by atoms with Gasteiger partial charge in [0.15, 0.2) is 5.78 Å². The van der Waals surface area contributed by atoms with Crippen molar-refractivity contribution >= 4 is 5.78 Å². The predicted octanol–water partition coefficient (Wildman–Crippen LogP) is 3.49. The molecular weight excluding hydrogens is 160 g/mol. The van der Waals surface area contributed by atoms with Crippen LogP contribution in [0.25, 0.3) is 0 Å². The molecule has 74 valence electrons. The van der Waals surface area contributed by atoms with Gasteiger partial charge < -0.3 is 0 Å². The second kappa shape index (κ2) is 4.08. The quantitative estimate of drug-likeness (QED) is 0.649. The van der Waals surface area contributed by atoms with Gasteiger partial charge in [-0.25, -0.2) is 0 Å². The Morgan fingerprint density at radius 1 is 1.46 bits per heavy atom. The van der Waals surface area contributed by atoms with Crippen molar-refractivity contribution in [3.05, 3.63) is 11.6 Å². The van der Waals surface area contributed by atoms with Crippen molar-refractivity contribution in [2.45, 2.75) is 52.9 Å². The molecule has 0 bridgehead atoms. The fourth-order valence-electron chi connectivity index (χ4n) is 1.64. The van der Waals surface area contributed by atoms with E-state index in [0.717, 1.165) is 24.8 Å². The Morgan fingerprint density at radius 3 is 2.62 bits per heavy atom. The van der Waals surface area contributed by atoms with Crippen molar-refractivity contribution in [2.24, 2.45) is 5.41 Å². The van der Waals surface area contributed by atoms with Crippen LogP contribution in [0.5, 0.6) is 0 Å². The molecule has 0 heterocycles. The number of Topliss-reactive ketones (excluding diaryl/α,β-unsaturated/α-hetero) is 1. The van der Waals surface area contributed by atoms with Crippen molar-refractivity contribution in [1.29, 1.82) is 0 Å². The smallest absolute Gasteiger partial charge is 0.164 e. The fourth-order valence-corrected chi connectivity index (χ4v) is 1.64. The molecule has 0 saturated heterocycles. The molecule has 0 N–H and O–H groups in total. The van der Waals surface area contributed by atoms with E-state index in [0.29, 0.717) is 5.78 Å². The number of ketones is 1. The molecule has 1 nitrogen and oxygen atoms in total. The highest BCUT2D eigenvalue weighted by atomic mass is 16.1. The first-order valence-electron chi connectivity index (χ1n) is 5.32. The lowest BCUT2D eigenvalue weighted by atomic mass is 9.79. The molecule has 1 heteroatoms. The summed E-state index contributed by atoms with van der Waals surface area (Å²) in [7, 11) is 0. The van der Waals surface area contributed by atoms with Crippen LogP contribution in [0.2, 0.25) is 0 Å². The molecule has 0 aromatic rings. The van der Waals surface area contributed by atoms with E-state index in [2.05, 4.69) is 13.0 Å². The molecule has 0 radical (unpaired) electrons. The minimum atomic E-state index is -0.150. The summed E-state index contributed by atoms with van der Waals surface area (Å²) in [5.41, 5.74) is 0.932. The number of hydrogen-bond acceptors (Lipinski definition) is 1. The minimum Gasteiger partial charge on any atom is -0.294 e. The molecule has 1 rings (SSSR count). The highest BCUT2D eigenvalue weighted by Crippen LogP contribution is 2.29. The van der Waals surface area contributed by atoms with Gasteiger partial charge in [0.25, 0.3) is 0 Å². The van der Waals surface area contributed by atoms with Crippen LogP contribution in [0.4, 0.5) is 0 Å². The summed E-state index contributed by atoms with van der Waals surface area (Å²) in [6.45, 7) is 6.18. The minimum absolute atomic E-state index is 0.150. The first-order chi connectivity index (χ1) is 6.08. The van der Waals surface area contributed by atoms with Gasteiger partial charge in [-0.1, -0.05) is 26.8 Å². The Bertz CT molecular complexity index is 223. The number of allylic oxidation sites excluding steroid dienone is 2. The molecular formula is C12H20O. The third-order valence-electron chi connectivity index (χ3n) is 3.08. The van der Waals surface area contributed by atoms with E-state index >= 15 is 0 Å². The maximum absolute atomic E-state index is 12.0. The van der Waals surface area contributed by atoms with E-state index in [9.17, 15) is 4.79 Å². The molecule has 0 aromatic carbocycles. The van der Waals surface area contributed by atoms with Crippen LogP contribution in [0.3, 0.4) is 0 Å². The Hall–Kier alpha value is -0.590. The van der Waals surface area contributed by atoms with Crippen LogP contribution >= 0.6 is 0 Å². The van der Waals surface area contributed by atoms with Crippen LogP contribution in [-0.4, -0.2) is 5.78 Å². The summed E-state index contributed by atoms with van der Waals surface area (Å²) in [5.74, 6) is 0.370. The lowest BCUT2D eigenvalue weighted by Gasteiger charge is -2.24. The van der Waals surface area contributed by atoms with Crippen LogP contribution in [0.15, 0.2) is 11.6 Å². The Kier molecular flexibility index (Phi) is 3.29. The summed E-state index contributed by atoms with van der Waals surface area (Å²) < 4.78 is 0. The molecule has 0 unspecified atom stereocenters. The van der Waals surface area contributed by atoms with Gasteiger partial charge in [0.2, 0.25) is 0 Å². The molecule has 1 aliphatic rings. The van der Waals surface area contributed by atoms with Gasteiger partial charge in [0.05, 0.1) is 0 Å². The van der Waals surface area contributed by atoms with Gasteiger partial charge in [-0.05, 0) is 37.7 Å². The Balaban J connectivity index is 2.71. The van der Waals surface area contributed by atoms with Crippen LogP contribution in [-0.2, 0) is 4.79 Å². The normalized spacial score (nSPS) is 18.2. The van der Waals surface area contributed by atoms with Crippen LogP contribution in [0.1, 0.15) is 52.9 Å². The van der Waals surface area contributed by atoms with Crippen molar-refractivity contribution in [3.63, 3.8) is 0 Å². The largest absolute Gasteiger partial charge is 0.294 e. The standard InChI is InChI=1S/C12H20O/c1-4-12(2,3)11(13)10-8-6-5-7-9-10/h8H,4-7,9H2,1-3H3. The van der Waals surface area contributed by atoms with Gasteiger partial charge in [-0.3, -0.25) is 4.79 Å². The highest BCUT2D eigenvalue weighted by Gasteiger charge is 2.28. The molecule has 0 fully saturated rings.